The van der Waals surface area contributed by atoms with E-state index >= 15 is 0 Å². The Balaban J connectivity index is 2.49. The summed E-state index contributed by atoms with van der Waals surface area (Å²) in [5.74, 6) is -0.388. The first kappa shape index (κ1) is 14.7. The van der Waals surface area contributed by atoms with Crippen LogP contribution in [0.15, 0.2) is 18.2 Å². The van der Waals surface area contributed by atoms with Gasteiger partial charge in [-0.05, 0) is 30.2 Å². The molecule has 1 N–H and O–H groups in total. The molecular formula is C12H9F6NO. The molecule has 1 aliphatic rings. The predicted octanol–water partition coefficient (Wildman–Crippen LogP) is 3.68. The van der Waals surface area contributed by atoms with Crippen LogP contribution in [0.2, 0.25) is 0 Å². The van der Waals surface area contributed by atoms with E-state index in [1.54, 1.807) is 0 Å². The molecule has 1 fully saturated rings. The summed E-state index contributed by atoms with van der Waals surface area (Å²) >= 11 is 0. The molecule has 110 valence electrons. The molecule has 1 atom stereocenters. The molecule has 0 aromatic heterocycles. The summed E-state index contributed by atoms with van der Waals surface area (Å²) in [7, 11) is 0. The first-order valence-corrected chi connectivity index (χ1v) is 5.66. The Morgan fingerprint density at radius 1 is 0.950 bits per heavy atom. The van der Waals surface area contributed by atoms with Crippen molar-refractivity contribution in [1.82, 2.24) is 5.32 Å². The Morgan fingerprint density at radius 3 is 1.80 bits per heavy atom. The van der Waals surface area contributed by atoms with Crippen LogP contribution >= 0.6 is 0 Å². The molecule has 2 rings (SSSR count). The maximum Gasteiger partial charge on any atom is 0.416 e. The zero-order valence-electron chi connectivity index (χ0n) is 9.90. The summed E-state index contributed by atoms with van der Waals surface area (Å²) in [4.78, 5) is 11.0. The van der Waals surface area contributed by atoms with Crippen LogP contribution in [0.3, 0.4) is 0 Å². The molecule has 1 amide bonds. The van der Waals surface area contributed by atoms with E-state index in [0.29, 0.717) is 12.1 Å². The van der Waals surface area contributed by atoms with Crippen LogP contribution in [0.1, 0.15) is 35.6 Å². The highest BCUT2D eigenvalue weighted by atomic mass is 19.4. The number of benzene rings is 1. The lowest BCUT2D eigenvalue weighted by molar-refractivity contribution is -0.143. The van der Waals surface area contributed by atoms with Gasteiger partial charge in [-0.25, -0.2) is 0 Å². The minimum Gasteiger partial charge on any atom is -0.349 e. The zero-order valence-corrected chi connectivity index (χ0v) is 9.90. The van der Waals surface area contributed by atoms with Gasteiger partial charge in [0.2, 0.25) is 5.91 Å². The van der Waals surface area contributed by atoms with E-state index in [-0.39, 0.29) is 30.4 Å². The van der Waals surface area contributed by atoms with Gasteiger partial charge in [-0.3, -0.25) is 4.79 Å². The van der Waals surface area contributed by atoms with Gasteiger partial charge in [0.05, 0.1) is 17.2 Å². The molecule has 1 unspecified atom stereocenters. The van der Waals surface area contributed by atoms with Gasteiger partial charge in [0.15, 0.2) is 0 Å². The Hall–Kier alpha value is -1.73. The van der Waals surface area contributed by atoms with E-state index < -0.39 is 29.5 Å². The minimum absolute atomic E-state index is 0.0697. The SMILES string of the molecule is O=C1CCC(c2cc(C(F)(F)F)cc(C(F)(F)F)c2)N1. The maximum atomic E-state index is 12.6. The lowest BCUT2D eigenvalue weighted by Gasteiger charge is -2.17. The zero-order chi connectivity index (χ0) is 15.1. The predicted molar refractivity (Wildman–Crippen MR) is 56.6 cm³/mol. The molecule has 1 aromatic carbocycles. The molecule has 0 bridgehead atoms. The number of amides is 1. The van der Waals surface area contributed by atoms with Crippen LogP contribution < -0.4 is 5.32 Å². The average Bonchev–Trinajstić information content (AvgIpc) is 2.73. The van der Waals surface area contributed by atoms with E-state index in [1.165, 1.54) is 0 Å². The number of alkyl halides is 6. The van der Waals surface area contributed by atoms with Gasteiger partial charge in [-0.2, -0.15) is 26.3 Å². The molecule has 1 saturated heterocycles. The molecule has 0 aliphatic carbocycles. The van der Waals surface area contributed by atoms with Crippen molar-refractivity contribution in [2.45, 2.75) is 31.2 Å². The fraction of sp³-hybridized carbons (Fsp3) is 0.417. The Labute approximate surface area is 109 Å². The standard InChI is InChI=1S/C12H9F6NO/c13-11(14,15)7-3-6(9-1-2-10(20)19-9)4-8(5-7)12(16,17)18/h3-5,9H,1-2H2,(H,19,20). The van der Waals surface area contributed by atoms with Crippen molar-refractivity contribution in [2.24, 2.45) is 0 Å². The highest BCUT2D eigenvalue weighted by molar-refractivity contribution is 5.78. The Morgan fingerprint density at radius 2 is 1.45 bits per heavy atom. The van der Waals surface area contributed by atoms with Crippen molar-refractivity contribution < 1.29 is 31.1 Å². The van der Waals surface area contributed by atoms with Crippen LogP contribution in [0.4, 0.5) is 26.3 Å². The van der Waals surface area contributed by atoms with Gasteiger partial charge in [-0.15, -0.1) is 0 Å². The van der Waals surface area contributed by atoms with Crippen molar-refractivity contribution in [3.05, 3.63) is 34.9 Å². The normalized spacial score (nSPS) is 20.1. The van der Waals surface area contributed by atoms with Gasteiger partial charge in [0.25, 0.3) is 0 Å². The van der Waals surface area contributed by atoms with Gasteiger partial charge in [0.1, 0.15) is 0 Å². The van der Waals surface area contributed by atoms with Crippen molar-refractivity contribution >= 4 is 5.91 Å². The molecule has 0 radical (unpaired) electrons. The minimum atomic E-state index is -4.88. The second-order valence-corrected chi connectivity index (χ2v) is 4.50. The molecule has 1 aliphatic heterocycles. The van der Waals surface area contributed by atoms with Crippen LogP contribution in [0.25, 0.3) is 0 Å². The second-order valence-electron chi connectivity index (χ2n) is 4.50. The lowest BCUT2D eigenvalue weighted by Crippen LogP contribution is -2.20. The molecular weight excluding hydrogens is 288 g/mol. The maximum absolute atomic E-state index is 12.6. The van der Waals surface area contributed by atoms with Crippen LogP contribution in [0, 0.1) is 0 Å². The molecule has 0 saturated carbocycles. The third-order valence-corrected chi connectivity index (χ3v) is 3.01. The molecule has 1 heterocycles. The van der Waals surface area contributed by atoms with Crippen LogP contribution in [-0.2, 0) is 17.1 Å². The van der Waals surface area contributed by atoms with Crippen molar-refractivity contribution in [1.29, 1.82) is 0 Å². The number of hydrogen-bond donors (Lipinski definition) is 1. The number of rotatable bonds is 1. The van der Waals surface area contributed by atoms with Crippen LogP contribution in [-0.4, -0.2) is 5.91 Å². The number of nitrogens with one attached hydrogen (secondary N) is 1. The van der Waals surface area contributed by atoms with Crippen molar-refractivity contribution in [2.75, 3.05) is 0 Å². The summed E-state index contributed by atoms with van der Waals surface area (Å²) in [6.45, 7) is 0. The van der Waals surface area contributed by atoms with E-state index in [1.807, 2.05) is 0 Å². The Kier molecular flexibility index (Phi) is 3.43. The largest absolute Gasteiger partial charge is 0.416 e. The van der Waals surface area contributed by atoms with E-state index in [0.717, 1.165) is 0 Å². The summed E-state index contributed by atoms with van der Waals surface area (Å²) in [5, 5.41) is 2.35. The molecule has 1 aromatic rings. The van der Waals surface area contributed by atoms with Gasteiger partial charge in [0, 0.05) is 6.42 Å². The number of carbonyl (C=O) groups is 1. The monoisotopic (exact) mass is 297 g/mol. The number of carbonyl (C=O) groups excluding carboxylic acids is 1. The fourth-order valence-electron chi connectivity index (χ4n) is 2.04. The summed E-state index contributed by atoms with van der Waals surface area (Å²) in [6, 6.07) is 0.544. The molecule has 2 nitrogen and oxygen atoms in total. The van der Waals surface area contributed by atoms with E-state index in [2.05, 4.69) is 5.32 Å². The smallest absolute Gasteiger partial charge is 0.349 e. The summed E-state index contributed by atoms with van der Waals surface area (Å²) in [6.07, 6.45) is -9.49. The second kappa shape index (κ2) is 4.68. The topological polar surface area (TPSA) is 29.1 Å². The van der Waals surface area contributed by atoms with Gasteiger partial charge < -0.3 is 5.32 Å². The highest BCUT2D eigenvalue weighted by Crippen LogP contribution is 2.38. The summed E-state index contributed by atoms with van der Waals surface area (Å²) < 4.78 is 75.9. The summed E-state index contributed by atoms with van der Waals surface area (Å²) in [5.41, 5.74) is -2.93. The number of halogens is 6. The molecule has 8 heteroatoms. The molecule has 0 spiro atoms. The van der Waals surface area contributed by atoms with Crippen molar-refractivity contribution in [3.63, 3.8) is 0 Å². The third kappa shape index (κ3) is 3.05. The van der Waals surface area contributed by atoms with Crippen molar-refractivity contribution in [3.8, 4) is 0 Å². The van der Waals surface area contributed by atoms with Gasteiger partial charge in [-0.1, -0.05) is 0 Å². The fourth-order valence-corrected chi connectivity index (χ4v) is 2.04. The highest BCUT2D eigenvalue weighted by Gasteiger charge is 2.38. The Bertz CT molecular complexity index is 501. The van der Waals surface area contributed by atoms with E-state index in [4.69, 9.17) is 0 Å². The van der Waals surface area contributed by atoms with Crippen LogP contribution in [0.5, 0.6) is 0 Å². The third-order valence-electron chi connectivity index (χ3n) is 3.01. The number of hydrogen-bond acceptors (Lipinski definition) is 1. The quantitative estimate of drug-likeness (QED) is 0.787. The average molecular weight is 297 g/mol. The van der Waals surface area contributed by atoms with Gasteiger partial charge >= 0.3 is 12.4 Å². The first-order valence-electron chi connectivity index (χ1n) is 5.66. The molecule has 20 heavy (non-hydrogen) atoms. The lowest BCUT2D eigenvalue weighted by atomic mass is 9.98. The first-order chi connectivity index (χ1) is 9.07. The van der Waals surface area contributed by atoms with E-state index in [9.17, 15) is 31.1 Å².